The average molecular weight is 304 g/mol. The van der Waals surface area contributed by atoms with Crippen molar-refractivity contribution >= 4 is 23.2 Å². The molecule has 0 heterocycles. The van der Waals surface area contributed by atoms with E-state index < -0.39 is 16.5 Å². The van der Waals surface area contributed by atoms with Crippen LogP contribution in [0, 0.1) is 10.1 Å². The lowest BCUT2D eigenvalue weighted by Gasteiger charge is -2.09. The summed E-state index contributed by atoms with van der Waals surface area (Å²) in [6.07, 6.45) is 0.560. The Morgan fingerprint density at radius 1 is 1.45 bits per heavy atom. The highest BCUT2D eigenvalue weighted by atomic mass is 35.5. The van der Waals surface area contributed by atoms with Crippen LogP contribution in [-0.4, -0.2) is 24.0 Å². The van der Waals surface area contributed by atoms with Gasteiger partial charge in [-0.3, -0.25) is 14.9 Å². The summed E-state index contributed by atoms with van der Waals surface area (Å²) in [6, 6.07) is 2.29. The summed E-state index contributed by atoms with van der Waals surface area (Å²) < 4.78 is 5.23. The van der Waals surface area contributed by atoms with Gasteiger partial charge in [-0.25, -0.2) is 0 Å². The number of ether oxygens (including phenoxy) is 1. The Balaban J connectivity index is 0.00000172. The van der Waals surface area contributed by atoms with Gasteiger partial charge in [0.05, 0.1) is 11.5 Å². The Morgan fingerprint density at radius 3 is 2.50 bits per heavy atom. The Bertz CT molecular complexity index is 480. The third kappa shape index (κ3) is 5.02. The molecule has 0 saturated heterocycles. The van der Waals surface area contributed by atoms with Crippen LogP contribution in [0.2, 0.25) is 5.02 Å². The maximum Gasteiger partial charge on any atom is 0.292 e. The summed E-state index contributed by atoms with van der Waals surface area (Å²) in [7, 11) is 0. The number of nitro benzene ring substituents is 1. The molecule has 0 aliphatic rings. The van der Waals surface area contributed by atoms with E-state index in [9.17, 15) is 14.9 Å². The molecule has 0 atom stereocenters. The van der Waals surface area contributed by atoms with Crippen LogP contribution in [0.4, 0.5) is 5.69 Å². The SMILES string of the molecule is CC.NCCCOc1cc(C(N)=O)cc([N+](=O)[O-])c1Cl. The van der Waals surface area contributed by atoms with Crippen LogP contribution < -0.4 is 16.2 Å². The highest BCUT2D eigenvalue weighted by Gasteiger charge is 2.20. The topological polar surface area (TPSA) is 121 Å². The maximum atomic E-state index is 11.1. The molecular formula is C12H18ClN3O4. The number of halogens is 1. The molecule has 0 saturated carbocycles. The molecule has 0 fully saturated rings. The van der Waals surface area contributed by atoms with Crippen molar-refractivity contribution in [2.45, 2.75) is 20.3 Å². The molecule has 112 valence electrons. The standard InChI is InChI=1S/C10H12ClN3O4.C2H6/c11-9-7(14(16)17)4-6(10(13)15)5-8(9)18-3-1-2-12;1-2/h4-5H,1-3,12H2,(H2,13,15);1-2H3. The summed E-state index contributed by atoms with van der Waals surface area (Å²) in [4.78, 5) is 21.1. The fourth-order valence-electron chi connectivity index (χ4n) is 1.23. The number of carbonyl (C=O) groups excluding carboxylic acids is 1. The third-order valence-corrected chi connectivity index (χ3v) is 2.49. The van der Waals surface area contributed by atoms with Crippen LogP contribution in [0.1, 0.15) is 30.6 Å². The van der Waals surface area contributed by atoms with Gasteiger partial charge in [-0.05, 0) is 19.0 Å². The number of primary amides is 1. The molecule has 0 unspecified atom stereocenters. The van der Waals surface area contributed by atoms with Gasteiger partial charge in [0, 0.05) is 11.6 Å². The molecule has 1 rings (SSSR count). The molecule has 7 nitrogen and oxygen atoms in total. The first-order chi connectivity index (χ1) is 9.47. The van der Waals surface area contributed by atoms with E-state index in [1.807, 2.05) is 13.8 Å². The van der Waals surface area contributed by atoms with Crippen LogP contribution in [0.5, 0.6) is 5.75 Å². The van der Waals surface area contributed by atoms with E-state index in [1.54, 1.807) is 0 Å². The Kier molecular flexibility index (Phi) is 8.26. The highest BCUT2D eigenvalue weighted by Crippen LogP contribution is 2.35. The molecule has 0 aliphatic carbocycles. The molecule has 0 aliphatic heterocycles. The first-order valence-electron chi connectivity index (χ1n) is 6.08. The molecule has 20 heavy (non-hydrogen) atoms. The van der Waals surface area contributed by atoms with Gasteiger partial charge in [-0.2, -0.15) is 0 Å². The van der Waals surface area contributed by atoms with E-state index >= 15 is 0 Å². The van der Waals surface area contributed by atoms with Crippen molar-refractivity contribution in [1.29, 1.82) is 0 Å². The molecule has 1 aromatic carbocycles. The summed E-state index contributed by atoms with van der Waals surface area (Å²) >= 11 is 5.81. The van der Waals surface area contributed by atoms with E-state index in [2.05, 4.69) is 0 Å². The second kappa shape index (κ2) is 9.11. The molecular weight excluding hydrogens is 286 g/mol. The normalized spacial score (nSPS) is 9.40. The highest BCUT2D eigenvalue weighted by molar-refractivity contribution is 6.34. The van der Waals surface area contributed by atoms with Crippen molar-refractivity contribution in [3.05, 3.63) is 32.8 Å². The van der Waals surface area contributed by atoms with Gasteiger partial charge in [0.25, 0.3) is 5.69 Å². The summed E-state index contributed by atoms with van der Waals surface area (Å²) in [5.74, 6) is -0.744. The number of hydrogen-bond donors (Lipinski definition) is 2. The summed E-state index contributed by atoms with van der Waals surface area (Å²) in [5.41, 5.74) is 9.91. The van der Waals surface area contributed by atoms with E-state index in [-0.39, 0.29) is 22.9 Å². The number of nitro groups is 1. The zero-order valence-electron chi connectivity index (χ0n) is 11.4. The smallest absolute Gasteiger partial charge is 0.292 e. The molecule has 0 radical (unpaired) electrons. The van der Waals surface area contributed by atoms with Gasteiger partial charge in [0.1, 0.15) is 5.75 Å². The fraction of sp³-hybridized carbons (Fsp3) is 0.417. The molecule has 8 heteroatoms. The second-order valence-electron chi connectivity index (χ2n) is 3.42. The van der Waals surface area contributed by atoms with E-state index in [0.717, 1.165) is 6.07 Å². The molecule has 0 bridgehead atoms. The van der Waals surface area contributed by atoms with E-state index in [4.69, 9.17) is 27.8 Å². The lowest BCUT2D eigenvalue weighted by atomic mass is 10.2. The van der Waals surface area contributed by atoms with E-state index in [0.29, 0.717) is 13.0 Å². The quantitative estimate of drug-likeness (QED) is 0.473. The molecule has 4 N–H and O–H groups in total. The lowest BCUT2D eigenvalue weighted by molar-refractivity contribution is -0.384. The fourth-order valence-corrected chi connectivity index (χ4v) is 1.46. The predicted molar refractivity (Wildman–Crippen MR) is 77.1 cm³/mol. The molecule has 1 aromatic rings. The van der Waals surface area contributed by atoms with Gasteiger partial charge in [0.2, 0.25) is 5.91 Å². The largest absolute Gasteiger partial charge is 0.492 e. The number of rotatable bonds is 6. The zero-order valence-corrected chi connectivity index (χ0v) is 12.1. The van der Waals surface area contributed by atoms with Gasteiger partial charge in [-0.15, -0.1) is 0 Å². The number of amides is 1. The molecule has 0 aromatic heterocycles. The summed E-state index contributed by atoms with van der Waals surface area (Å²) in [5, 5.41) is 10.6. The minimum absolute atomic E-state index is 0.0335. The van der Waals surface area contributed by atoms with Crippen molar-refractivity contribution in [3.63, 3.8) is 0 Å². The van der Waals surface area contributed by atoms with Crippen LogP contribution in [-0.2, 0) is 0 Å². The third-order valence-electron chi connectivity index (χ3n) is 2.11. The Hall–Kier alpha value is -1.86. The number of hydrogen-bond acceptors (Lipinski definition) is 5. The van der Waals surface area contributed by atoms with Gasteiger partial charge in [-0.1, -0.05) is 25.4 Å². The molecule has 0 spiro atoms. The van der Waals surface area contributed by atoms with Crippen LogP contribution in [0.25, 0.3) is 0 Å². The minimum Gasteiger partial charge on any atom is -0.492 e. The van der Waals surface area contributed by atoms with Crippen molar-refractivity contribution in [3.8, 4) is 5.75 Å². The number of nitrogens with two attached hydrogens (primary N) is 2. The van der Waals surface area contributed by atoms with E-state index in [1.165, 1.54) is 6.07 Å². The van der Waals surface area contributed by atoms with Crippen LogP contribution >= 0.6 is 11.6 Å². The van der Waals surface area contributed by atoms with Crippen molar-refractivity contribution in [2.75, 3.05) is 13.2 Å². The number of nitrogens with zero attached hydrogens (tertiary/aromatic N) is 1. The maximum absolute atomic E-state index is 11.1. The second-order valence-corrected chi connectivity index (χ2v) is 3.80. The van der Waals surface area contributed by atoms with Gasteiger partial charge in [0.15, 0.2) is 5.02 Å². The average Bonchev–Trinajstić information content (AvgIpc) is 2.42. The number of benzene rings is 1. The van der Waals surface area contributed by atoms with Crippen molar-refractivity contribution in [2.24, 2.45) is 11.5 Å². The Labute approximate surface area is 122 Å². The van der Waals surface area contributed by atoms with Crippen LogP contribution in [0.3, 0.4) is 0 Å². The first kappa shape index (κ1) is 18.1. The van der Waals surface area contributed by atoms with Crippen molar-refractivity contribution in [1.82, 2.24) is 0 Å². The van der Waals surface area contributed by atoms with Gasteiger partial charge < -0.3 is 16.2 Å². The number of carbonyl (C=O) groups is 1. The Morgan fingerprint density at radius 2 is 2.05 bits per heavy atom. The predicted octanol–water partition coefficient (Wildman–Crippen LogP) is 2.10. The monoisotopic (exact) mass is 303 g/mol. The zero-order chi connectivity index (χ0) is 15.7. The first-order valence-corrected chi connectivity index (χ1v) is 6.45. The van der Waals surface area contributed by atoms with Gasteiger partial charge >= 0.3 is 0 Å². The minimum atomic E-state index is -0.793. The van der Waals surface area contributed by atoms with Crippen LogP contribution in [0.15, 0.2) is 12.1 Å². The summed E-state index contributed by atoms with van der Waals surface area (Å²) in [6.45, 7) is 4.66. The van der Waals surface area contributed by atoms with Crippen molar-refractivity contribution < 1.29 is 14.5 Å². The lowest BCUT2D eigenvalue weighted by Crippen LogP contribution is -2.12. The molecule has 1 amide bonds.